The number of hydroxylamine groups is 2. The first-order chi connectivity index (χ1) is 25.1. The molecule has 4 N–H and O–H groups in total. The molecule has 15 nitrogen and oxygen atoms in total. The molecular formula is C37H52N4O11. The molecule has 0 radical (unpaired) electrons. The summed E-state index contributed by atoms with van der Waals surface area (Å²) in [6.07, 6.45) is 1.70. The summed E-state index contributed by atoms with van der Waals surface area (Å²) in [5, 5.41) is 7.34. The molecule has 1 aromatic carbocycles. The van der Waals surface area contributed by atoms with Crippen molar-refractivity contribution in [2.45, 2.75) is 102 Å². The summed E-state index contributed by atoms with van der Waals surface area (Å²) in [5.41, 5.74) is 5.06. The van der Waals surface area contributed by atoms with Gasteiger partial charge in [-0.25, -0.2) is 4.79 Å². The molecule has 0 unspecified atom stereocenters. The van der Waals surface area contributed by atoms with Crippen molar-refractivity contribution in [3.63, 3.8) is 0 Å². The first-order valence-electron chi connectivity index (χ1n) is 17.8. The number of epoxide rings is 1. The third kappa shape index (κ3) is 10.6. The second kappa shape index (κ2) is 19.8. The van der Waals surface area contributed by atoms with E-state index in [9.17, 15) is 19.2 Å². The third-order valence-corrected chi connectivity index (χ3v) is 9.07. The van der Waals surface area contributed by atoms with Gasteiger partial charge in [0.05, 0.1) is 25.1 Å². The fourth-order valence-electron chi connectivity index (χ4n) is 6.66. The number of fused-ring (bicyclic) bond motifs is 2. The Labute approximate surface area is 305 Å². The Hall–Kier alpha value is -3.88. The number of primary amides is 1. The molecule has 3 fully saturated rings. The molecule has 52 heavy (non-hydrogen) atoms. The summed E-state index contributed by atoms with van der Waals surface area (Å²) in [6.45, 7) is 6.66. The number of amides is 3. The number of hydrogen-bond donors (Lipinski definition) is 3. The number of ether oxygens (including phenoxy) is 6. The van der Waals surface area contributed by atoms with E-state index in [0.29, 0.717) is 44.6 Å². The van der Waals surface area contributed by atoms with E-state index in [-0.39, 0.29) is 31.8 Å². The van der Waals surface area contributed by atoms with Crippen LogP contribution >= 0.6 is 0 Å². The highest BCUT2D eigenvalue weighted by molar-refractivity contribution is 5.91. The topological polar surface area (TPSA) is 190 Å². The number of hydrogen-bond acceptors (Lipinski definition) is 12. The maximum atomic E-state index is 14.3. The first-order valence-corrected chi connectivity index (χ1v) is 17.8. The van der Waals surface area contributed by atoms with Crippen LogP contribution in [0.4, 0.5) is 0 Å². The van der Waals surface area contributed by atoms with E-state index < -0.39 is 66.2 Å². The predicted octanol–water partition coefficient (Wildman–Crippen LogP) is 1.46. The number of methoxy groups -OCH3 is 2. The summed E-state index contributed by atoms with van der Waals surface area (Å²) in [4.78, 5) is 59.4. The van der Waals surface area contributed by atoms with Crippen LogP contribution in [0.2, 0.25) is 0 Å². The minimum atomic E-state index is -1.63. The van der Waals surface area contributed by atoms with E-state index in [2.05, 4.69) is 22.5 Å². The lowest BCUT2D eigenvalue weighted by atomic mass is 9.70. The van der Waals surface area contributed by atoms with Crippen LogP contribution in [0.15, 0.2) is 36.4 Å². The highest BCUT2D eigenvalue weighted by atomic mass is 16.7. The van der Waals surface area contributed by atoms with Gasteiger partial charge in [0, 0.05) is 58.5 Å². The molecule has 0 bridgehead atoms. The van der Waals surface area contributed by atoms with E-state index >= 15 is 0 Å². The molecule has 2 heterocycles. The normalized spacial score (nSPS) is 24.9. The molecule has 1 aliphatic carbocycles. The van der Waals surface area contributed by atoms with Crippen LogP contribution < -0.4 is 16.4 Å². The van der Waals surface area contributed by atoms with Gasteiger partial charge in [0.15, 0.2) is 11.9 Å². The molecule has 4 rings (SSSR count). The van der Waals surface area contributed by atoms with Crippen molar-refractivity contribution in [3.8, 4) is 11.8 Å². The molecule has 0 spiro atoms. The number of esters is 1. The van der Waals surface area contributed by atoms with E-state index in [1.165, 1.54) is 25.4 Å². The smallest absolute Gasteiger partial charge is 0.330 e. The SMILES string of the molecule is CC=CC(=O)O[C@@H]1[C@H]2O[C@H]2C[C@]2(C(=O)NCCCCCC(N)=O)ON(Cc3cccc(C#CC(OCC)OCC)c3)[C@H](C(=O)NCC(OC)OC)[C@H]12. The lowest BCUT2D eigenvalue weighted by molar-refractivity contribution is -0.220. The third-order valence-electron chi connectivity index (χ3n) is 9.07. The Morgan fingerprint density at radius 2 is 1.85 bits per heavy atom. The van der Waals surface area contributed by atoms with E-state index in [1.54, 1.807) is 13.0 Å². The van der Waals surface area contributed by atoms with Crippen molar-refractivity contribution in [3.05, 3.63) is 47.5 Å². The summed E-state index contributed by atoms with van der Waals surface area (Å²) in [5.74, 6) is 3.17. The zero-order valence-corrected chi connectivity index (χ0v) is 30.6. The number of nitrogens with zero attached hydrogens (tertiary/aromatic N) is 1. The molecular weight excluding hydrogens is 676 g/mol. The van der Waals surface area contributed by atoms with Crippen LogP contribution in [-0.2, 0) is 59.0 Å². The summed E-state index contributed by atoms with van der Waals surface area (Å²) < 4.78 is 33.6. The monoisotopic (exact) mass is 728 g/mol. The average molecular weight is 729 g/mol. The van der Waals surface area contributed by atoms with Crippen molar-refractivity contribution < 1.29 is 52.4 Å². The lowest BCUT2D eigenvalue weighted by Gasteiger charge is -2.38. The van der Waals surface area contributed by atoms with Crippen molar-refractivity contribution in [1.82, 2.24) is 15.7 Å². The molecule has 2 aliphatic heterocycles. The number of allylic oxidation sites excluding steroid dienone is 1. The zero-order valence-electron chi connectivity index (χ0n) is 30.6. The predicted molar refractivity (Wildman–Crippen MR) is 186 cm³/mol. The first kappa shape index (κ1) is 40.9. The number of benzene rings is 1. The second-order valence-corrected chi connectivity index (χ2v) is 12.7. The molecule has 1 aromatic rings. The zero-order chi connectivity index (χ0) is 37.7. The standard InChI is InChI=1S/C37H52N4O11/c1-6-13-28(43)51-34-31-32(35(44)40-22-30(46-4)47-5)41(23-25-15-12-14-24(20-25)17-18-29(48-7-2)49-8-3)52-37(31,21-26-33(34)50-26)36(45)39-19-11-9-10-16-27(38)42/h6,12-15,20,26,29-34H,7-11,16,19,21-23H2,1-5H3,(H2,38,42)(H,39,45)(H,40,44)/t26-,31+,32-,33-,34-,37-/m0/s1. The Morgan fingerprint density at radius 3 is 2.52 bits per heavy atom. The van der Waals surface area contributed by atoms with Crippen LogP contribution in [-0.4, -0.2) is 112 Å². The van der Waals surface area contributed by atoms with Crippen LogP contribution in [0, 0.1) is 17.8 Å². The van der Waals surface area contributed by atoms with Gasteiger partial charge in [0.2, 0.25) is 18.1 Å². The van der Waals surface area contributed by atoms with Gasteiger partial charge in [-0.3, -0.25) is 19.2 Å². The summed E-state index contributed by atoms with van der Waals surface area (Å²) >= 11 is 0. The van der Waals surface area contributed by atoms with E-state index in [0.717, 1.165) is 5.56 Å². The minimum Gasteiger partial charge on any atom is -0.456 e. The second-order valence-electron chi connectivity index (χ2n) is 12.7. The van der Waals surface area contributed by atoms with Crippen molar-refractivity contribution in [1.29, 1.82) is 0 Å². The highest BCUT2D eigenvalue weighted by Crippen LogP contribution is 2.54. The van der Waals surface area contributed by atoms with Gasteiger partial charge in [-0.2, -0.15) is 5.06 Å². The summed E-state index contributed by atoms with van der Waals surface area (Å²) in [6, 6.07) is 6.29. The number of carbonyl (C=O) groups is 4. The lowest BCUT2D eigenvalue weighted by Crippen LogP contribution is -2.62. The van der Waals surface area contributed by atoms with Crippen LogP contribution in [0.1, 0.15) is 64.0 Å². The molecule has 286 valence electrons. The molecule has 2 saturated heterocycles. The fourth-order valence-corrected chi connectivity index (χ4v) is 6.66. The quantitative estimate of drug-likeness (QED) is 0.0439. The Bertz CT molecular complexity index is 1470. The van der Waals surface area contributed by atoms with Gasteiger partial charge in [-0.15, -0.1) is 0 Å². The Kier molecular flexibility index (Phi) is 15.6. The maximum Gasteiger partial charge on any atom is 0.330 e. The van der Waals surface area contributed by atoms with E-state index in [4.69, 9.17) is 39.0 Å². The van der Waals surface area contributed by atoms with Gasteiger partial charge in [-0.1, -0.05) is 30.6 Å². The van der Waals surface area contributed by atoms with Crippen LogP contribution in [0.25, 0.3) is 0 Å². The van der Waals surface area contributed by atoms with Gasteiger partial charge in [0.25, 0.3) is 5.91 Å². The molecule has 3 amide bonds. The number of nitrogens with one attached hydrogen (secondary N) is 2. The van der Waals surface area contributed by atoms with E-state index in [1.807, 2.05) is 38.1 Å². The molecule has 1 saturated carbocycles. The molecule has 0 aromatic heterocycles. The largest absolute Gasteiger partial charge is 0.456 e. The number of rotatable bonds is 20. The average Bonchev–Trinajstić information content (AvgIpc) is 3.81. The van der Waals surface area contributed by atoms with Crippen LogP contribution in [0.5, 0.6) is 0 Å². The Morgan fingerprint density at radius 1 is 1.10 bits per heavy atom. The van der Waals surface area contributed by atoms with Gasteiger partial charge >= 0.3 is 5.97 Å². The number of carbonyl (C=O) groups excluding carboxylic acids is 4. The molecule has 3 aliphatic rings. The molecule has 15 heteroatoms. The molecule has 6 atom stereocenters. The van der Waals surface area contributed by atoms with Crippen molar-refractivity contribution in [2.75, 3.05) is 40.5 Å². The summed E-state index contributed by atoms with van der Waals surface area (Å²) in [7, 11) is 2.91. The van der Waals surface area contributed by atoms with Crippen molar-refractivity contribution in [2.24, 2.45) is 11.7 Å². The fraction of sp³-hybridized carbons (Fsp3) is 0.622. The van der Waals surface area contributed by atoms with Gasteiger partial charge < -0.3 is 44.8 Å². The van der Waals surface area contributed by atoms with Crippen LogP contribution in [0.3, 0.4) is 0 Å². The van der Waals surface area contributed by atoms with Crippen molar-refractivity contribution >= 4 is 23.7 Å². The maximum absolute atomic E-state index is 14.3. The minimum absolute atomic E-state index is 0.00484. The highest BCUT2D eigenvalue weighted by Gasteiger charge is 2.73. The number of unbranched alkanes of at least 4 members (excludes halogenated alkanes) is 2. The van der Waals surface area contributed by atoms with Gasteiger partial charge in [0.1, 0.15) is 18.2 Å². The number of nitrogens with two attached hydrogens (primary N) is 1. The van der Waals surface area contributed by atoms with Gasteiger partial charge in [-0.05, 0) is 57.2 Å². The Balaban J connectivity index is 1.69.